The molecule has 0 aliphatic heterocycles. The molecule has 0 saturated heterocycles. The Morgan fingerprint density at radius 1 is 1.06 bits per heavy atom. The predicted molar refractivity (Wildman–Crippen MR) is 73.5 cm³/mol. The van der Waals surface area contributed by atoms with E-state index < -0.39 is 0 Å². The van der Waals surface area contributed by atoms with Gasteiger partial charge in [0.05, 0.1) is 0 Å². The third kappa shape index (κ3) is 3.37. The summed E-state index contributed by atoms with van der Waals surface area (Å²) in [6.07, 6.45) is 13.3. The Kier molecular flexibility index (Phi) is 4.58. The fraction of sp³-hybridized carbons (Fsp3) is 0.625. The molecular formula is C16H26. The van der Waals surface area contributed by atoms with Crippen LogP contribution in [0.4, 0.5) is 0 Å². The molecule has 1 atom stereocenters. The first-order chi connectivity index (χ1) is 7.57. The van der Waals surface area contributed by atoms with Gasteiger partial charge in [-0.15, -0.1) is 0 Å². The molecule has 90 valence electrons. The van der Waals surface area contributed by atoms with E-state index in [4.69, 9.17) is 0 Å². The van der Waals surface area contributed by atoms with Crippen molar-refractivity contribution in [2.24, 2.45) is 11.3 Å². The van der Waals surface area contributed by atoms with Gasteiger partial charge in [-0.3, -0.25) is 0 Å². The van der Waals surface area contributed by atoms with Gasteiger partial charge in [-0.25, -0.2) is 0 Å². The Bertz CT molecular complexity index is 313. The second-order valence-electron chi connectivity index (χ2n) is 5.39. The largest absolute Gasteiger partial charge is 0.0748 e. The summed E-state index contributed by atoms with van der Waals surface area (Å²) in [5, 5.41) is 0. The van der Waals surface area contributed by atoms with E-state index >= 15 is 0 Å². The summed E-state index contributed by atoms with van der Waals surface area (Å²) in [5.41, 5.74) is 3.39. The highest BCUT2D eigenvalue weighted by atomic mass is 14.2. The van der Waals surface area contributed by atoms with Crippen molar-refractivity contribution >= 4 is 0 Å². The van der Waals surface area contributed by atoms with Crippen LogP contribution in [0, 0.1) is 11.3 Å². The average molecular weight is 218 g/mol. The first-order valence-corrected chi connectivity index (χ1v) is 6.67. The fourth-order valence-electron chi connectivity index (χ4n) is 2.22. The van der Waals surface area contributed by atoms with E-state index in [2.05, 4.69) is 45.1 Å². The molecule has 16 heavy (non-hydrogen) atoms. The average Bonchev–Trinajstić information content (AvgIpc) is 2.41. The number of rotatable bonds is 0. The Hall–Kier alpha value is -0.780. The van der Waals surface area contributed by atoms with Crippen LogP contribution in [0.15, 0.2) is 35.5 Å². The molecule has 0 heterocycles. The molecule has 0 amide bonds. The highest BCUT2D eigenvalue weighted by Crippen LogP contribution is 2.35. The summed E-state index contributed by atoms with van der Waals surface area (Å²) in [5.74, 6) is 0.869. The molecule has 0 bridgehead atoms. The lowest BCUT2D eigenvalue weighted by atomic mass is 9.85. The van der Waals surface area contributed by atoms with E-state index in [9.17, 15) is 0 Å². The van der Waals surface area contributed by atoms with Gasteiger partial charge < -0.3 is 0 Å². The van der Waals surface area contributed by atoms with Crippen molar-refractivity contribution in [2.45, 2.75) is 53.9 Å². The maximum absolute atomic E-state index is 2.36. The minimum atomic E-state index is 0.237. The summed E-state index contributed by atoms with van der Waals surface area (Å²) >= 11 is 0. The van der Waals surface area contributed by atoms with Crippen LogP contribution in [0.5, 0.6) is 0 Å². The Labute approximate surface area is 101 Å². The lowest BCUT2D eigenvalue weighted by Crippen LogP contribution is -2.04. The first kappa shape index (κ1) is 13.3. The number of hydrogen-bond donors (Lipinski definition) is 0. The van der Waals surface area contributed by atoms with Crippen LogP contribution >= 0.6 is 0 Å². The molecule has 0 fully saturated rings. The molecule has 0 spiro atoms. The van der Waals surface area contributed by atoms with Crippen LogP contribution in [0.2, 0.25) is 0 Å². The van der Waals surface area contributed by atoms with Gasteiger partial charge in [-0.05, 0) is 36.3 Å². The van der Waals surface area contributed by atoms with E-state index in [0.717, 1.165) is 5.92 Å². The molecule has 0 aromatic heterocycles. The fourth-order valence-corrected chi connectivity index (χ4v) is 2.22. The standard InChI is InChI=1S/C14H20.C2H6/c1-11-4-5-12-6-8-14(2,3)9-7-13(12)10-11;1-2/h6-9,11H,4-5,10H2,1-3H3;1-2H3. The van der Waals surface area contributed by atoms with Crippen molar-refractivity contribution in [3.05, 3.63) is 35.5 Å². The monoisotopic (exact) mass is 218 g/mol. The van der Waals surface area contributed by atoms with Crippen LogP contribution in [-0.2, 0) is 0 Å². The van der Waals surface area contributed by atoms with Crippen molar-refractivity contribution in [2.75, 3.05) is 0 Å². The molecule has 0 saturated carbocycles. The molecule has 0 aromatic carbocycles. The van der Waals surface area contributed by atoms with E-state index in [1.165, 1.54) is 19.3 Å². The smallest absolute Gasteiger partial charge is 0.00108 e. The number of allylic oxidation sites excluding steroid dienone is 6. The van der Waals surface area contributed by atoms with Crippen molar-refractivity contribution < 1.29 is 0 Å². The van der Waals surface area contributed by atoms with Gasteiger partial charge in [0.25, 0.3) is 0 Å². The second-order valence-corrected chi connectivity index (χ2v) is 5.39. The van der Waals surface area contributed by atoms with Crippen molar-refractivity contribution in [1.29, 1.82) is 0 Å². The molecule has 2 aliphatic rings. The third-order valence-electron chi connectivity index (χ3n) is 3.32. The molecule has 0 heteroatoms. The molecule has 2 rings (SSSR count). The zero-order valence-electron chi connectivity index (χ0n) is 11.5. The van der Waals surface area contributed by atoms with Crippen LogP contribution in [0.3, 0.4) is 0 Å². The van der Waals surface area contributed by atoms with E-state index in [1.807, 2.05) is 13.8 Å². The van der Waals surface area contributed by atoms with Gasteiger partial charge in [0.15, 0.2) is 0 Å². The molecule has 0 aromatic rings. The van der Waals surface area contributed by atoms with E-state index in [-0.39, 0.29) is 5.41 Å². The first-order valence-electron chi connectivity index (χ1n) is 6.67. The highest BCUT2D eigenvalue weighted by Gasteiger charge is 2.19. The maximum atomic E-state index is 2.36. The maximum Gasteiger partial charge on any atom is 0.00108 e. The van der Waals surface area contributed by atoms with Crippen molar-refractivity contribution in [1.82, 2.24) is 0 Å². The highest BCUT2D eigenvalue weighted by molar-refractivity contribution is 5.39. The summed E-state index contributed by atoms with van der Waals surface area (Å²) in [6.45, 7) is 10.9. The predicted octanol–water partition coefficient (Wildman–Crippen LogP) is 5.28. The second kappa shape index (κ2) is 5.52. The van der Waals surface area contributed by atoms with Gasteiger partial charge in [0, 0.05) is 5.41 Å². The molecule has 0 N–H and O–H groups in total. The lowest BCUT2D eigenvalue weighted by Gasteiger charge is -2.20. The molecule has 0 radical (unpaired) electrons. The van der Waals surface area contributed by atoms with Crippen molar-refractivity contribution in [3.63, 3.8) is 0 Å². The summed E-state index contributed by atoms with van der Waals surface area (Å²) in [7, 11) is 0. The summed E-state index contributed by atoms with van der Waals surface area (Å²) < 4.78 is 0. The minimum absolute atomic E-state index is 0.237. The zero-order chi connectivity index (χ0) is 12.2. The van der Waals surface area contributed by atoms with Gasteiger partial charge in [-0.2, -0.15) is 0 Å². The van der Waals surface area contributed by atoms with Crippen molar-refractivity contribution in [3.8, 4) is 0 Å². The molecule has 2 aliphatic carbocycles. The SMILES string of the molecule is CC.CC1CCC2=C(C=CC(C)(C)C=C2)C1. The summed E-state index contributed by atoms with van der Waals surface area (Å²) in [6, 6.07) is 0. The topological polar surface area (TPSA) is 0 Å². The van der Waals surface area contributed by atoms with Crippen LogP contribution < -0.4 is 0 Å². The minimum Gasteiger partial charge on any atom is -0.0748 e. The van der Waals surface area contributed by atoms with Crippen LogP contribution in [0.1, 0.15) is 53.9 Å². The third-order valence-corrected chi connectivity index (χ3v) is 3.32. The Morgan fingerprint density at radius 3 is 2.25 bits per heavy atom. The van der Waals surface area contributed by atoms with E-state index in [0.29, 0.717) is 0 Å². The molecular weight excluding hydrogens is 192 g/mol. The lowest BCUT2D eigenvalue weighted by molar-refractivity contribution is 0.507. The van der Waals surface area contributed by atoms with Gasteiger partial charge in [0.1, 0.15) is 0 Å². The van der Waals surface area contributed by atoms with Crippen LogP contribution in [-0.4, -0.2) is 0 Å². The van der Waals surface area contributed by atoms with E-state index in [1.54, 1.807) is 11.1 Å². The summed E-state index contributed by atoms with van der Waals surface area (Å²) in [4.78, 5) is 0. The normalized spacial score (nSPS) is 26.7. The van der Waals surface area contributed by atoms with Gasteiger partial charge >= 0.3 is 0 Å². The zero-order valence-corrected chi connectivity index (χ0v) is 11.5. The quantitative estimate of drug-likeness (QED) is 0.519. The van der Waals surface area contributed by atoms with Gasteiger partial charge in [0.2, 0.25) is 0 Å². The van der Waals surface area contributed by atoms with Crippen LogP contribution in [0.25, 0.3) is 0 Å². The number of hydrogen-bond acceptors (Lipinski definition) is 0. The molecule has 1 unspecified atom stereocenters. The Balaban J connectivity index is 0.000000606. The molecule has 0 nitrogen and oxygen atoms in total. The van der Waals surface area contributed by atoms with Gasteiger partial charge in [-0.1, -0.05) is 58.9 Å². The Morgan fingerprint density at radius 2 is 1.62 bits per heavy atom.